The number of nitrogens with zero attached hydrogens (tertiary/aromatic N) is 6. The van der Waals surface area contributed by atoms with E-state index < -0.39 is 0 Å². The molecule has 3 heterocycles. The summed E-state index contributed by atoms with van der Waals surface area (Å²) in [4.78, 5) is 6.87. The third kappa shape index (κ3) is 3.18. The van der Waals surface area contributed by atoms with Crippen LogP contribution in [0.15, 0.2) is 54.7 Å². The van der Waals surface area contributed by atoms with Crippen LogP contribution in [0.25, 0.3) is 17.0 Å². The van der Waals surface area contributed by atoms with Gasteiger partial charge in [-0.15, -0.1) is 10.2 Å². The van der Waals surface area contributed by atoms with E-state index in [4.69, 9.17) is 14.6 Å². The molecule has 0 bridgehead atoms. The summed E-state index contributed by atoms with van der Waals surface area (Å²) in [5.74, 6) is 2.21. The fourth-order valence-electron chi connectivity index (χ4n) is 4.47. The molecule has 2 aliphatic rings. The Balaban J connectivity index is 1.34. The Morgan fingerprint density at radius 2 is 1.69 bits per heavy atom. The second kappa shape index (κ2) is 7.56. The lowest BCUT2D eigenvalue weighted by atomic mass is 9.95. The highest BCUT2D eigenvalue weighted by Gasteiger charge is 2.50. The van der Waals surface area contributed by atoms with E-state index in [0.717, 1.165) is 62.0 Å². The minimum absolute atomic E-state index is 0.167. The summed E-state index contributed by atoms with van der Waals surface area (Å²) in [6, 6.07) is 16.7. The molecular weight excluding hydrogens is 404 g/mol. The van der Waals surface area contributed by atoms with Crippen LogP contribution in [0.1, 0.15) is 24.2 Å². The zero-order valence-corrected chi connectivity index (χ0v) is 17.9. The van der Waals surface area contributed by atoms with Crippen molar-refractivity contribution < 1.29 is 9.47 Å². The van der Waals surface area contributed by atoms with Crippen LogP contribution < -0.4 is 9.64 Å². The standard InChI is InChI=1S/C24H24N6O2/c1-31-20-8-4-18(5-9-20)24(10-11-24)22-26-27-23-25-16-21(28-30(22)23)17-2-6-19(7-3-17)29-12-14-32-15-13-29/h2-9,16H,10-15H2,1H3. The van der Waals surface area contributed by atoms with Crippen molar-refractivity contribution in [3.05, 3.63) is 66.1 Å². The van der Waals surface area contributed by atoms with Crippen LogP contribution in [0.4, 0.5) is 5.69 Å². The first-order valence-corrected chi connectivity index (χ1v) is 10.9. The van der Waals surface area contributed by atoms with Gasteiger partial charge in [0.05, 0.1) is 31.9 Å². The Labute approximate surface area is 185 Å². The van der Waals surface area contributed by atoms with Gasteiger partial charge in [-0.3, -0.25) is 0 Å². The molecule has 0 unspecified atom stereocenters. The maximum Gasteiger partial charge on any atom is 0.271 e. The van der Waals surface area contributed by atoms with E-state index in [-0.39, 0.29) is 5.41 Å². The molecule has 2 aromatic carbocycles. The molecule has 1 saturated heterocycles. The maximum atomic E-state index is 5.45. The van der Waals surface area contributed by atoms with Gasteiger partial charge in [0.15, 0.2) is 5.82 Å². The molecule has 2 fully saturated rings. The molecule has 1 aliphatic heterocycles. The maximum absolute atomic E-state index is 5.45. The number of morpholine rings is 1. The molecule has 0 spiro atoms. The molecule has 4 aromatic rings. The Hall–Kier alpha value is -3.52. The van der Waals surface area contributed by atoms with Crippen molar-refractivity contribution in [1.82, 2.24) is 24.8 Å². The van der Waals surface area contributed by atoms with E-state index in [1.165, 1.54) is 11.3 Å². The third-order valence-electron chi connectivity index (χ3n) is 6.49. The van der Waals surface area contributed by atoms with Gasteiger partial charge in [-0.1, -0.05) is 24.3 Å². The van der Waals surface area contributed by atoms with Crippen LogP contribution in [0, 0.1) is 0 Å². The Bertz CT molecular complexity index is 1240. The normalized spacial score (nSPS) is 17.5. The lowest BCUT2D eigenvalue weighted by molar-refractivity contribution is 0.122. The van der Waals surface area contributed by atoms with E-state index in [0.29, 0.717) is 5.78 Å². The van der Waals surface area contributed by atoms with Crippen LogP contribution in [0.3, 0.4) is 0 Å². The predicted molar refractivity (Wildman–Crippen MR) is 120 cm³/mol. The Kier molecular flexibility index (Phi) is 4.53. The molecule has 0 amide bonds. The van der Waals surface area contributed by atoms with Crippen molar-refractivity contribution in [2.75, 3.05) is 38.3 Å². The lowest BCUT2D eigenvalue weighted by Crippen LogP contribution is -2.36. The average Bonchev–Trinajstić information content (AvgIpc) is 3.56. The van der Waals surface area contributed by atoms with Gasteiger partial charge in [-0.2, -0.15) is 9.61 Å². The number of ether oxygens (including phenoxy) is 2. The van der Waals surface area contributed by atoms with Gasteiger partial charge in [0, 0.05) is 24.3 Å². The second-order valence-electron chi connectivity index (χ2n) is 8.34. The second-order valence-corrected chi connectivity index (χ2v) is 8.34. The first kappa shape index (κ1) is 19.2. The highest BCUT2D eigenvalue weighted by atomic mass is 16.5. The quantitative estimate of drug-likeness (QED) is 0.483. The minimum Gasteiger partial charge on any atom is -0.497 e. The van der Waals surface area contributed by atoms with Crippen LogP contribution in [-0.4, -0.2) is 58.2 Å². The number of hydrogen-bond donors (Lipinski definition) is 0. The largest absolute Gasteiger partial charge is 0.497 e. The van der Waals surface area contributed by atoms with E-state index in [9.17, 15) is 0 Å². The highest BCUT2D eigenvalue weighted by molar-refractivity contribution is 5.63. The zero-order chi connectivity index (χ0) is 21.5. The molecule has 1 aliphatic carbocycles. The van der Waals surface area contributed by atoms with Gasteiger partial charge in [-0.05, 0) is 42.7 Å². The number of anilines is 1. The van der Waals surface area contributed by atoms with Crippen LogP contribution in [-0.2, 0) is 10.2 Å². The number of benzene rings is 2. The third-order valence-corrected chi connectivity index (χ3v) is 6.49. The van der Waals surface area contributed by atoms with Crippen LogP contribution in [0.5, 0.6) is 5.75 Å². The van der Waals surface area contributed by atoms with Crippen molar-refractivity contribution in [3.63, 3.8) is 0 Å². The topological polar surface area (TPSA) is 77.7 Å². The zero-order valence-electron chi connectivity index (χ0n) is 17.9. The molecule has 6 rings (SSSR count). The van der Waals surface area contributed by atoms with E-state index in [1.807, 2.05) is 16.6 Å². The van der Waals surface area contributed by atoms with Gasteiger partial charge in [0.25, 0.3) is 5.78 Å². The van der Waals surface area contributed by atoms with Crippen molar-refractivity contribution in [2.24, 2.45) is 0 Å². The first-order valence-electron chi connectivity index (χ1n) is 10.9. The van der Waals surface area contributed by atoms with Gasteiger partial charge in [0.2, 0.25) is 0 Å². The number of rotatable bonds is 5. The summed E-state index contributed by atoms with van der Waals surface area (Å²) < 4.78 is 12.6. The van der Waals surface area contributed by atoms with Crippen LogP contribution >= 0.6 is 0 Å². The molecule has 0 radical (unpaired) electrons. The van der Waals surface area contributed by atoms with Gasteiger partial charge in [-0.25, -0.2) is 4.98 Å². The summed E-state index contributed by atoms with van der Waals surface area (Å²) in [5.41, 5.74) is 4.06. The van der Waals surface area contributed by atoms with Crippen molar-refractivity contribution in [3.8, 4) is 17.0 Å². The summed E-state index contributed by atoms with van der Waals surface area (Å²) in [6.45, 7) is 3.39. The molecule has 8 heteroatoms. The lowest BCUT2D eigenvalue weighted by Gasteiger charge is -2.28. The summed E-state index contributed by atoms with van der Waals surface area (Å²) >= 11 is 0. The summed E-state index contributed by atoms with van der Waals surface area (Å²) in [7, 11) is 1.68. The summed E-state index contributed by atoms with van der Waals surface area (Å²) in [5, 5.41) is 13.7. The van der Waals surface area contributed by atoms with Crippen molar-refractivity contribution >= 4 is 11.5 Å². The fourth-order valence-corrected chi connectivity index (χ4v) is 4.47. The molecule has 162 valence electrons. The predicted octanol–water partition coefficient (Wildman–Crippen LogP) is 3.11. The molecule has 32 heavy (non-hydrogen) atoms. The SMILES string of the molecule is COc1ccc(C2(c3nnc4ncc(-c5ccc(N6CCOCC6)cc5)nn34)CC2)cc1. The van der Waals surface area contributed by atoms with E-state index in [1.54, 1.807) is 13.3 Å². The molecular formula is C24H24N6O2. The van der Waals surface area contributed by atoms with Crippen molar-refractivity contribution in [1.29, 1.82) is 0 Å². The smallest absolute Gasteiger partial charge is 0.271 e. The number of aromatic nitrogens is 5. The average molecular weight is 428 g/mol. The van der Waals surface area contributed by atoms with Gasteiger partial charge < -0.3 is 14.4 Å². The molecule has 1 saturated carbocycles. The first-order chi connectivity index (χ1) is 15.8. The number of fused-ring (bicyclic) bond motifs is 1. The van der Waals surface area contributed by atoms with Crippen molar-refractivity contribution in [2.45, 2.75) is 18.3 Å². The van der Waals surface area contributed by atoms with Gasteiger partial charge in [0.1, 0.15) is 11.4 Å². The fraction of sp³-hybridized carbons (Fsp3) is 0.333. The monoisotopic (exact) mass is 428 g/mol. The highest BCUT2D eigenvalue weighted by Crippen LogP contribution is 2.52. The van der Waals surface area contributed by atoms with Crippen LogP contribution in [0.2, 0.25) is 0 Å². The van der Waals surface area contributed by atoms with E-state index in [2.05, 4.69) is 56.5 Å². The number of hydrogen-bond acceptors (Lipinski definition) is 7. The Morgan fingerprint density at radius 1 is 0.938 bits per heavy atom. The number of methoxy groups -OCH3 is 1. The van der Waals surface area contributed by atoms with E-state index >= 15 is 0 Å². The molecule has 0 N–H and O–H groups in total. The minimum atomic E-state index is -0.167. The molecule has 2 aromatic heterocycles. The molecule has 0 atom stereocenters. The summed E-state index contributed by atoms with van der Waals surface area (Å²) in [6.07, 6.45) is 3.80. The van der Waals surface area contributed by atoms with Gasteiger partial charge >= 0.3 is 0 Å². The Morgan fingerprint density at radius 3 is 2.38 bits per heavy atom. The molecule has 8 nitrogen and oxygen atoms in total.